The van der Waals surface area contributed by atoms with Crippen LogP contribution in [0, 0.1) is 5.82 Å². The zero-order chi connectivity index (χ0) is 20.1. The zero-order valence-corrected chi connectivity index (χ0v) is 15.9. The first-order valence-corrected chi connectivity index (χ1v) is 9.87. The van der Waals surface area contributed by atoms with Gasteiger partial charge >= 0.3 is 5.97 Å². The number of anilines is 1. The summed E-state index contributed by atoms with van der Waals surface area (Å²) in [5.74, 6) is -1.03. The average Bonchev–Trinajstić information content (AvgIpc) is 2.72. The van der Waals surface area contributed by atoms with Crippen molar-refractivity contribution in [1.29, 1.82) is 0 Å². The Bertz CT molecular complexity index is 1070. The van der Waals surface area contributed by atoms with Gasteiger partial charge in [0.15, 0.2) is 0 Å². The van der Waals surface area contributed by atoms with E-state index >= 15 is 0 Å². The fourth-order valence-corrected chi connectivity index (χ4v) is 3.75. The number of para-hydroxylation sites is 1. The van der Waals surface area contributed by atoms with Crippen molar-refractivity contribution in [3.8, 4) is 0 Å². The Balaban J connectivity index is 1.71. The van der Waals surface area contributed by atoms with E-state index in [1.165, 1.54) is 53.8 Å². The lowest BCUT2D eigenvalue weighted by atomic mass is 10.2. The number of rotatable bonds is 6. The summed E-state index contributed by atoms with van der Waals surface area (Å²) in [5.41, 5.74) is 1.26. The Morgan fingerprint density at radius 2 is 1.64 bits per heavy atom. The Morgan fingerprint density at radius 1 is 0.964 bits per heavy atom. The molecular weight excluding hydrogens is 381 g/mol. The third-order valence-electron chi connectivity index (χ3n) is 4.13. The molecule has 0 unspecified atom stereocenters. The first-order valence-electron chi connectivity index (χ1n) is 8.43. The smallest absolute Gasteiger partial charge is 0.338 e. The van der Waals surface area contributed by atoms with Crippen molar-refractivity contribution in [2.45, 2.75) is 11.5 Å². The molecule has 0 amide bonds. The molecule has 28 heavy (non-hydrogen) atoms. The van der Waals surface area contributed by atoms with Gasteiger partial charge in [0.05, 0.1) is 16.1 Å². The highest BCUT2D eigenvalue weighted by molar-refractivity contribution is 7.92. The van der Waals surface area contributed by atoms with Crippen molar-refractivity contribution in [2.75, 3.05) is 11.4 Å². The van der Waals surface area contributed by atoms with E-state index in [1.54, 1.807) is 36.4 Å². The Morgan fingerprint density at radius 3 is 2.29 bits per heavy atom. The third-order valence-corrected chi connectivity index (χ3v) is 5.93. The highest BCUT2D eigenvalue weighted by Crippen LogP contribution is 2.22. The van der Waals surface area contributed by atoms with Crippen molar-refractivity contribution in [3.63, 3.8) is 0 Å². The second kappa shape index (κ2) is 8.22. The Kier molecular flexibility index (Phi) is 5.75. The van der Waals surface area contributed by atoms with Crippen molar-refractivity contribution in [2.24, 2.45) is 0 Å². The fourth-order valence-electron chi connectivity index (χ4n) is 2.56. The van der Waals surface area contributed by atoms with E-state index in [4.69, 9.17) is 4.74 Å². The minimum atomic E-state index is -3.75. The highest BCUT2D eigenvalue weighted by Gasteiger charge is 2.21. The molecule has 0 spiro atoms. The van der Waals surface area contributed by atoms with Crippen LogP contribution in [-0.4, -0.2) is 21.4 Å². The molecule has 144 valence electrons. The number of esters is 1. The molecule has 3 rings (SSSR count). The second-order valence-corrected chi connectivity index (χ2v) is 8.01. The average molecular weight is 399 g/mol. The van der Waals surface area contributed by atoms with Crippen LogP contribution in [0.2, 0.25) is 0 Å². The van der Waals surface area contributed by atoms with Gasteiger partial charge in [0.1, 0.15) is 12.4 Å². The van der Waals surface area contributed by atoms with Crippen molar-refractivity contribution < 1.29 is 22.3 Å². The Labute approximate surface area is 163 Å². The highest BCUT2D eigenvalue weighted by atomic mass is 32.2. The van der Waals surface area contributed by atoms with Gasteiger partial charge in [0.25, 0.3) is 10.0 Å². The molecule has 0 atom stereocenters. The molecule has 0 aliphatic rings. The zero-order valence-electron chi connectivity index (χ0n) is 15.1. The summed E-state index contributed by atoms with van der Waals surface area (Å²) >= 11 is 0. The standard InChI is InChI=1S/C21H18FNO4S/c1-23(19-8-3-2-4-9-19)28(25,26)20-12-10-17(11-13-20)21(24)27-15-16-6-5-7-18(22)14-16/h2-14H,15H2,1H3. The lowest BCUT2D eigenvalue weighted by molar-refractivity contribution is 0.0472. The number of carbonyl (C=O) groups is 1. The number of benzene rings is 3. The summed E-state index contributed by atoms with van der Waals surface area (Å²) in [7, 11) is -2.29. The van der Waals surface area contributed by atoms with Gasteiger partial charge in [-0.3, -0.25) is 4.31 Å². The molecule has 0 heterocycles. The van der Waals surface area contributed by atoms with Gasteiger partial charge in [0, 0.05) is 7.05 Å². The lowest BCUT2D eigenvalue weighted by Gasteiger charge is -2.19. The van der Waals surface area contributed by atoms with Crippen LogP contribution in [0.3, 0.4) is 0 Å². The van der Waals surface area contributed by atoms with E-state index in [0.717, 1.165) is 0 Å². The van der Waals surface area contributed by atoms with Crippen LogP contribution in [0.5, 0.6) is 0 Å². The molecule has 0 saturated heterocycles. The van der Waals surface area contributed by atoms with Gasteiger partial charge in [0.2, 0.25) is 0 Å². The predicted molar refractivity (Wildman–Crippen MR) is 104 cm³/mol. The molecule has 0 bridgehead atoms. The van der Waals surface area contributed by atoms with Crippen molar-refractivity contribution >= 4 is 21.7 Å². The number of ether oxygens (including phenoxy) is 1. The van der Waals surface area contributed by atoms with Crippen LogP contribution in [0.4, 0.5) is 10.1 Å². The van der Waals surface area contributed by atoms with E-state index in [-0.39, 0.29) is 17.1 Å². The summed E-state index contributed by atoms with van der Waals surface area (Å²) in [4.78, 5) is 12.2. The molecule has 0 N–H and O–H groups in total. The largest absolute Gasteiger partial charge is 0.457 e. The summed E-state index contributed by atoms with van der Waals surface area (Å²) < 4.78 is 44.9. The first kappa shape index (κ1) is 19.6. The van der Waals surface area contributed by atoms with Crippen LogP contribution in [-0.2, 0) is 21.4 Å². The van der Waals surface area contributed by atoms with Gasteiger partial charge in [-0.25, -0.2) is 17.6 Å². The number of nitrogens with zero attached hydrogens (tertiary/aromatic N) is 1. The maximum atomic E-state index is 13.2. The molecule has 3 aromatic rings. The molecule has 0 saturated carbocycles. The number of carbonyl (C=O) groups excluding carboxylic acids is 1. The van der Waals surface area contributed by atoms with Crippen LogP contribution in [0.15, 0.2) is 83.8 Å². The van der Waals surface area contributed by atoms with Crippen LogP contribution in [0.1, 0.15) is 15.9 Å². The Hall–Kier alpha value is -3.19. The maximum absolute atomic E-state index is 13.2. The summed E-state index contributed by atoms with van der Waals surface area (Å²) in [6, 6.07) is 19.9. The van der Waals surface area contributed by atoms with Crippen LogP contribution in [0.25, 0.3) is 0 Å². The lowest BCUT2D eigenvalue weighted by Crippen LogP contribution is -2.26. The normalized spacial score (nSPS) is 11.1. The minimum absolute atomic E-state index is 0.0560. The molecule has 0 fully saturated rings. The third kappa shape index (κ3) is 4.37. The molecular formula is C21H18FNO4S. The molecule has 0 aliphatic carbocycles. The monoisotopic (exact) mass is 399 g/mol. The van der Waals surface area contributed by atoms with E-state index in [1.807, 2.05) is 0 Å². The molecule has 0 aliphatic heterocycles. The van der Waals surface area contributed by atoms with Crippen LogP contribution < -0.4 is 4.31 Å². The number of sulfonamides is 1. The maximum Gasteiger partial charge on any atom is 0.338 e. The quantitative estimate of drug-likeness (QED) is 0.588. The molecule has 0 aromatic heterocycles. The van der Waals surface area contributed by atoms with Crippen molar-refractivity contribution in [3.05, 3.63) is 95.8 Å². The van der Waals surface area contributed by atoms with Gasteiger partial charge < -0.3 is 4.74 Å². The van der Waals surface area contributed by atoms with Crippen LogP contribution >= 0.6 is 0 Å². The minimum Gasteiger partial charge on any atom is -0.457 e. The van der Waals surface area contributed by atoms with Gasteiger partial charge in [-0.15, -0.1) is 0 Å². The molecule has 7 heteroatoms. The number of halogens is 1. The van der Waals surface area contributed by atoms with Gasteiger partial charge in [-0.05, 0) is 54.1 Å². The molecule has 3 aromatic carbocycles. The van der Waals surface area contributed by atoms with Crippen molar-refractivity contribution in [1.82, 2.24) is 0 Å². The molecule has 5 nitrogen and oxygen atoms in total. The second-order valence-electron chi connectivity index (χ2n) is 6.04. The van der Waals surface area contributed by atoms with E-state index in [2.05, 4.69) is 0 Å². The molecule has 0 radical (unpaired) electrons. The topological polar surface area (TPSA) is 63.7 Å². The number of hydrogen-bond acceptors (Lipinski definition) is 4. The van der Waals surface area contributed by atoms with Gasteiger partial charge in [-0.2, -0.15) is 0 Å². The van der Waals surface area contributed by atoms with E-state index in [0.29, 0.717) is 11.3 Å². The van der Waals surface area contributed by atoms with E-state index in [9.17, 15) is 17.6 Å². The van der Waals surface area contributed by atoms with Gasteiger partial charge in [-0.1, -0.05) is 30.3 Å². The number of hydrogen-bond donors (Lipinski definition) is 0. The predicted octanol–water partition coefficient (Wildman–Crippen LogP) is 4.01. The summed E-state index contributed by atoms with van der Waals surface area (Å²) in [5, 5.41) is 0. The fraction of sp³-hybridized carbons (Fsp3) is 0.0952. The van der Waals surface area contributed by atoms with E-state index < -0.39 is 21.8 Å². The summed E-state index contributed by atoms with van der Waals surface area (Å²) in [6.45, 7) is -0.0760. The SMILES string of the molecule is CN(c1ccccc1)S(=O)(=O)c1ccc(C(=O)OCc2cccc(F)c2)cc1. The summed E-state index contributed by atoms with van der Waals surface area (Å²) in [6.07, 6.45) is 0. The first-order chi connectivity index (χ1) is 13.4.